The van der Waals surface area contributed by atoms with E-state index in [9.17, 15) is 4.79 Å². The van der Waals surface area contributed by atoms with E-state index in [1.165, 1.54) is 0 Å². The summed E-state index contributed by atoms with van der Waals surface area (Å²) in [6, 6.07) is 0.103. The van der Waals surface area contributed by atoms with Gasteiger partial charge in [-0.2, -0.15) is 5.10 Å². The summed E-state index contributed by atoms with van der Waals surface area (Å²) in [6.45, 7) is 7.60. The van der Waals surface area contributed by atoms with E-state index in [4.69, 9.17) is 0 Å². The second kappa shape index (κ2) is 3.91. The molecule has 0 radical (unpaired) electrons. The van der Waals surface area contributed by atoms with Gasteiger partial charge in [0.15, 0.2) is 5.52 Å². The maximum Gasteiger partial charge on any atom is 0.282 e. The van der Waals surface area contributed by atoms with Gasteiger partial charge in [-0.1, -0.05) is 13.8 Å². The van der Waals surface area contributed by atoms with E-state index in [-0.39, 0.29) is 17.5 Å². The zero-order chi connectivity index (χ0) is 12.9. The normalized spacial score (nSPS) is 19.4. The van der Waals surface area contributed by atoms with Crippen LogP contribution in [0.4, 0.5) is 0 Å². The number of hydrogen-bond acceptors (Lipinski definition) is 4. The lowest BCUT2D eigenvalue weighted by Gasteiger charge is -2.24. The van der Waals surface area contributed by atoms with Gasteiger partial charge in [0.05, 0.1) is 11.7 Å². The van der Waals surface area contributed by atoms with Crippen molar-refractivity contribution >= 4 is 11.0 Å². The number of aromatic nitrogens is 4. The summed E-state index contributed by atoms with van der Waals surface area (Å²) in [4.78, 5) is 17.0. The van der Waals surface area contributed by atoms with Crippen LogP contribution in [0.3, 0.4) is 0 Å². The minimum absolute atomic E-state index is 0.0356. The average Bonchev–Trinajstić information content (AvgIpc) is 2.75. The van der Waals surface area contributed by atoms with Crippen molar-refractivity contribution in [1.82, 2.24) is 25.1 Å². The van der Waals surface area contributed by atoms with Crippen LogP contribution >= 0.6 is 0 Å². The van der Waals surface area contributed by atoms with Crippen molar-refractivity contribution in [2.75, 3.05) is 6.54 Å². The van der Waals surface area contributed by atoms with Crippen LogP contribution in [0.5, 0.6) is 0 Å². The van der Waals surface area contributed by atoms with Crippen molar-refractivity contribution < 1.29 is 0 Å². The van der Waals surface area contributed by atoms with Crippen LogP contribution in [-0.2, 0) is 6.54 Å². The third kappa shape index (κ3) is 1.49. The van der Waals surface area contributed by atoms with Gasteiger partial charge in [-0.15, -0.1) is 0 Å². The molecule has 0 saturated heterocycles. The molecule has 0 saturated carbocycles. The van der Waals surface area contributed by atoms with Gasteiger partial charge in [0.2, 0.25) is 0 Å². The van der Waals surface area contributed by atoms with Crippen LogP contribution in [0.2, 0.25) is 0 Å². The lowest BCUT2D eigenvalue weighted by molar-refractivity contribution is 0.422. The lowest BCUT2D eigenvalue weighted by Crippen LogP contribution is -2.39. The molecule has 2 aromatic rings. The Balaban J connectivity index is 2.35. The minimum atomic E-state index is -0.0356. The highest BCUT2D eigenvalue weighted by Crippen LogP contribution is 2.21. The molecule has 1 aliphatic rings. The Labute approximate surface area is 104 Å². The fourth-order valence-electron chi connectivity index (χ4n) is 2.45. The van der Waals surface area contributed by atoms with Crippen molar-refractivity contribution in [1.29, 1.82) is 0 Å². The molecule has 0 aromatic carbocycles. The monoisotopic (exact) mass is 247 g/mol. The van der Waals surface area contributed by atoms with Gasteiger partial charge < -0.3 is 5.32 Å². The summed E-state index contributed by atoms with van der Waals surface area (Å²) in [5.74, 6) is 1.08. The van der Waals surface area contributed by atoms with E-state index in [1.54, 1.807) is 4.57 Å². The first-order valence-electron chi connectivity index (χ1n) is 6.31. The smallest absolute Gasteiger partial charge is 0.282 e. The molecule has 1 atom stereocenters. The second-order valence-corrected chi connectivity index (χ2v) is 5.09. The molecule has 0 spiro atoms. The highest BCUT2D eigenvalue weighted by atomic mass is 16.1. The first-order chi connectivity index (χ1) is 8.59. The summed E-state index contributed by atoms with van der Waals surface area (Å²) in [6.07, 6.45) is 0. The number of rotatable bonds is 1. The van der Waals surface area contributed by atoms with Crippen molar-refractivity contribution in [2.24, 2.45) is 0 Å². The third-order valence-electron chi connectivity index (χ3n) is 3.47. The standard InChI is InChI=1S/C12H17N5O/c1-6(2)8-9-10(16-15-8)12(18)17-5-4-13-7(3)11(17)14-9/h6-7,13H,4-5H2,1-3H3,(H,15,16). The molecule has 6 heteroatoms. The van der Waals surface area contributed by atoms with Crippen LogP contribution in [0.25, 0.3) is 11.0 Å². The van der Waals surface area contributed by atoms with Crippen LogP contribution < -0.4 is 10.9 Å². The molecule has 0 fully saturated rings. The van der Waals surface area contributed by atoms with Crippen molar-refractivity contribution in [3.63, 3.8) is 0 Å². The predicted molar refractivity (Wildman–Crippen MR) is 68.7 cm³/mol. The van der Waals surface area contributed by atoms with Crippen LogP contribution in [0.1, 0.15) is 44.2 Å². The Bertz CT molecular complexity index is 654. The molecule has 18 heavy (non-hydrogen) atoms. The van der Waals surface area contributed by atoms with Crippen molar-refractivity contribution in [3.8, 4) is 0 Å². The van der Waals surface area contributed by atoms with E-state index in [0.717, 1.165) is 23.6 Å². The van der Waals surface area contributed by atoms with Gasteiger partial charge in [-0.25, -0.2) is 4.98 Å². The number of fused-ring (bicyclic) bond motifs is 2. The van der Waals surface area contributed by atoms with Crippen molar-refractivity contribution in [3.05, 3.63) is 21.9 Å². The number of aromatic amines is 1. The van der Waals surface area contributed by atoms with Crippen molar-refractivity contribution in [2.45, 2.75) is 39.3 Å². The molecule has 1 aliphatic heterocycles. The predicted octanol–water partition coefficient (Wildman–Crippen LogP) is 0.907. The highest BCUT2D eigenvalue weighted by molar-refractivity contribution is 5.76. The molecule has 0 bridgehead atoms. The van der Waals surface area contributed by atoms with Gasteiger partial charge >= 0.3 is 0 Å². The van der Waals surface area contributed by atoms with Gasteiger partial charge in [0.25, 0.3) is 5.56 Å². The lowest BCUT2D eigenvalue weighted by atomic mass is 10.1. The first-order valence-corrected chi connectivity index (χ1v) is 6.31. The summed E-state index contributed by atoms with van der Waals surface area (Å²) in [7, 11) is 0. The largest absolute Gasteiger partial charge is 0.306 e. The van der Waals surface area contributed by atoms with Gasteiger partial charge in [-0.3, -0.25) is 14.5 Å². The maximum atomic E-state index is 12.4. The topological polar surface area (TPSA) is 75.6 Å². The molecule has 0 amide bonds. The molecule has 3 rings (SSSR count). The zero-order valence-corrected chi connectivity index (χ0v) is 10.8. The Morgan fingerprint density at radius 2 is 2.17 bits per heavy atom. The van der Waals surface area contributed by atoms with Gasteiger partial charge in [-0.05, 0) is 12.8 Å². The number of nitrogens with zero attached hydrogens (tertiary/aromatic N) is 3. The number of hydrogen-bond donors (Lipinski definition) is 2. The maximum absolute atomic E-state index is 12.4. The van der Waals surface area contributed by atoms with E-state index >= 15 is 0 Å². The van der Waals surface area contributed by atoms with Crippen LogP contribution in [0.15, 0.2) is 4.79 Å². The molecule has 2 aromatic heterocycles. The summed E-state index contributed by atoms with van der Waals surface area (Å²) < 4.78 is 1.73. The Kier molecular flexibility index (Phi) is 2.48. The van der Waals surface area contributed by atoms with Crippen LogP contribution in [-0.4, -0.2) is 26.3 Å². The molecule has 1 unspecified atom stereocenters. The summed E-state index contributed by atoms with van der Waals surface area (Å²) in [5, 5.41) is 10.4. The average molecular weight is 247 g/mol. The van der Waals surface area contributed by atoms with E-state index < -0.39 is 0 Å². The molecule has 96 valence electrons. The first kappa shape index (κ1) is 11.4. The van der Waals surface area contributed by atoms with Gasteiger partial charge in [0.1, 0.15) is 11.3 Å². The molecule has 6 nitrogen and oxygen atoms in total. The fraction of sp³-hybridized carbons (Fsp3) is 0.583. The molecular formula is C12H17N5O. The summed E-state index contributed by atoms with van der Waals surface area (Å²) >= 11 is 0. The van der Waals surface area contributed by atoms with E-state index in [1.807, 2.05) is 6.92 Å². The number of nitrogens with one attached hydrogen (secondary N) is 2. The highest BCUT2D eigenvalue weighted by Gasteiger charge is 2.23. The molecule has 2 N–H and O–H groups in total. The SMILES string of the molecule is CC(C)c1[nH]nc2c(=O)n3c(nc12)C(C)NCC3. The van der Waals surface area contributed by atoms with E-state index in [0.29, 0.717) is 12.1 Å². The Morgan fingerprint density at radius 3 is 2.89 bits per heavy atom. The Hall–Kier alpha value is -1.69. The Morgan fingerprint density at radius 1 is 1.39 bits per heavy atom. The second-order valence-electron chi connectivity index (χ2n) is 5.09. The quantitative estimate of drug-likeness (QED) is 0.785. The van der Waals surface area contributed by atoms with E-state index in [2.05, 4.69) is 34.3 Å². The molecular weight excluding hydrogens is 230 g/mol. The molecule has 0 aliphatic carbocycles. The fourth-order valence-corrected chi connectivity index (χ4v) is 2.45. The van der Waals surface area contributed by atoms with Gasteiger partial charge in [0, 0.05) is 13.1 Å². The number of H-pyrrole nitrogens is 1. The minimum Gasteiger partial charge on any atom is -0.306 e. The summed E-state index contributed by atoms with van der Waals surface area (Å²) in [5.41, 5.74) is 2.07. The zero-order valence-electron chi connectivity index (χ0n) is 10.8. The molecule has 3 heterocycles. The third-order valence-corrected chi connectivity index (χ3v) is 3.47. The van der Waals surface area contributed by atoms with Crippen LogP contribution in [0, 0.1) is 0 Å².